The highest BCUT2D eigenvalue weighted by Crippen LogP contribution is 2.37. The molecule has 3 atom stereocenters. The van der Waals surface area contributed by atoms with Crippen LogP contribution in [0.25, 0.3) is 11.6 Å². The highest BCUT2D eigenvalue weighted by atomic mass is 16.5. The maximum absolute atomic E-state index is 13.8. The van der Waals surface area contributed by atoms with E-state index in [1.807, 2.05) is 103 Å². The first kappa shape index (κ1) is 25.5. The van der Waals surface area contributed by atoms with Crippen molar-refractivity contribution in [1.82, 2.24) is 10.6 Å². The summed E-state index contributed by atoms with van der Waals surface area (Å²) in [5.41, 5.74) is 4.22. The number of aliphatic hydroxyl groups is 1. The summed E-state index contributed by atoms with van der Waals surface area (Å²) in [6.07, 6.45) is 1.55. The molecule has 5 heteroatoms. The monoisotopic (exact) mass is 504 g/mol. The molecule has 3 N–H and O–H groups in total. The molecule has 1 heterocycles. The van der Waals surface area contributed by atoms with Gasteiger partial charge in [-0.05, 0) is 42.7 Å². The van der Waals surface area contributed by atoms with E-state index in [4.69, 9.17) is 4.74 Å². The molecule has 38 heavy (non-hydrogen) atoms. The van der Waals surface area contributed by atoms with Gasteiger partial charge in [-0.3, -0.25) is 4.79 Å². The topological polar surface area (TPSA) is 70.6 Å². The molecule has 1 amide bonds. The molecule has 4 aromatic carbocycles. The van der Waals surface area contributed by atoms with E-state index in [-0.39, 0.29) is 11.9 Å². The molecule has 5 rings (SSSR count). The van der Waals surface area contributed by atoms with Crippen molar-refractivity contribution in [2.45, 2.75) is 31.5 Å². The summed E-state index contributed by atoms with van der Waals surface area (Å²) in [5, 5.41) is 17.9. The van der Waals surface area contributed by atoms with Crippen LogP contribution in [0, 0.1) is 0 Å². The Labute approximate surface area is 223 Å². The molecule has 1 aliphatic heterocycles. The summed E-state index contributed by atoms with van der Waals surface area (Å²) < 4.78 is 6.15. The number of rotatable bonds is 9. The molecule has 0 aliphatic carbocycles. The van der Waals surface area contributed by atoms with Gasteiger partial charge in [-0.1, -0.05) is 97.1 Å². The molecule has 192 valence electrons. The molecule has 0 aromatic heterocycles. The van der Waals surface area contributed by atoms with E-state index in [1.165, 1.54) is 0 Å². The Hall–Kier alpha value is -4.19. The van der Waals surface area contributed by atoms with Crippen LogP contribution in [0.5, 0.6) is 11.5 Å². The van der Waals surface area contributed by atoms with Crippen molar-refractivity contribution in [1.29, 1.82) is 0 Å². The van der Waals surface area contributed by atoms with Gasteiger partial charge in [0, 0.05) is 23.7 Å². The second-order valence-corrected chi connectivity index (χ2v) is 9.57. The number of ether oxygens (including phenoxy) is 1. The smallest absolute Gasteiger partial charge is 0.252 e. The molecule has 1 aliphatic rings. The van der Waals surface area contributed by atoms with E-state index in [0.717, 1.165) is 16.7 Å². The predicted octanol–water partition coefficient (Wildman–Crippen LogP) is 5.77. The van der Waals surface area contributed by atoms with Gasteiger partial charge < -0.3 is 20.5 Å². The Bertz CT molecular complexity index is 1400. The Balaban J connectivity index is 1.39. The largest absolute Gasteiger partial charge is 0.456 e. The minimum absolute atomic E-state index is 0.0593. The number of hydrogen-bond donors (Lipinski definition) is 3. The van der Waals surface area contributed by atoms with Crippen LogP contribution in [-0.4, -0.2) is 29.7 Å². The SMILES string of the molecule is C[C@H](NC[C@@H](O)[C@H](Cc1ccccc1)NC(=O)C1=Cc2ccccc2Oc2ccccc21)c1ccccc1. The van der Waals surface area contributed by atoms with E-state index < -0.39 is 12.1 Å². The van der Waals surface area contributed by atoms with Crippen LogP contribution in [0.15, 0.2) is 109 Å². The van der Waals surface area contributed by atoms with Crippen LogP contribution in [0.4, 0.5) is 0 Å². The van der Waals surface area contributed by atoms with Crippen molar-refractivity contribution in [3.63, 3.8) is 0 Å². The second kappa shape index (κ2) is 11.9. The number of fused-ring (bicyclic) bond motifs is 2. The predicted molar refractivity (Wildman–Crippen MR) is 152 cm³/mol. The van der Waals surface area contributed by atoms with Crippen molar-refractivity contribution in [2.75, 3.05) is 6.54 Å². The Kier molecular flexibility index (Phi) is 7.98. The van der Waals surface area contributed by atoms with Crippen LogP contribution in [0.3, 0.4) is 0 Å². The second-order valence-electron chi connectivity index (χ2n) is 9.57. The fourth-order valence-corrected chi connectivity index (χ4v) is 4.71. The minimum atomic E-state index is -0.810. The van der Waals surface area contributed by atoms with Crippen LogP contribution < -0.4 is 15.4 Å². The van der Waals surface area contributed by atoms with E-state index in [9.17, 15) is 9.90 Å². The third-order valence-electron chi connectivity index (χ3n) is 6.87. The molecule has 0 unspecified atom stereocenters. The maximum atomic E-state index is 13.8. The molecule has 0 saturated heterocycles. The summed E-state index contributed by atoms with van der Waals surface area (Å²) in [6.45, 7) is 2.40. The average molecular weight is 505 g/mol. The summed E-state index contributed by atoms with van der Waals surface area (Å²) in [6, 6.07) is 34.8. The Morgan fingerprint density at radius 1 is 0.816 bits per heavy atom. The molecule has 0 spiro atoms. The Morgan fingerprint density at radius 2 is 1.45 bits per heavy atom. The number of carbonyl (C=O) groups excluding carboxylic acids is 1. The molecular weight excluding hydrogens is 472 g/mol. The fourth-order valence-electron chi connectivity index (χ4n) is 4.71. The third kappa shape index (κ3) is 6.02. The van der Waals surface area contributed by atoms with Crippen LogP contribution in [-0.2, 0) is 11.2 Å². The molecule has 0 bridgehead atoms. The zero-order valence-corrected chi connectivity index (χ0v) is 21.4. The molecule has 0 fully saturated rings. The summed E-state index contributed by atoms with van der Waals surface area (Å²) in [7, 11) is 0. The van der Waals surface area contributed by atoms with Crippen molar-refractivity contribution < 1.29 is 14.6 Å². The Morgan fingerprint density at radius 3 is 2.21 bits per heavy atom. The highest BCUT2D eigenvalue weighted by molar-refractivity contribution is 6.25. The lowest BCUT2D eigenvalue weighted by Crippen LogP contribution is -2.49. The number of nitrogens with one attached hydrogen (secondary N) is 2. The first-order valence-corrected chi connectivity index (χ1v) is 13.0. The first-order chi connectivity index (χ1) is 18.6. The van der Waals surface area contributed by atoms with Gasteiger partial charge in [0.1, 0.15) is 11.5 Å². The molecule has 4 aromatic rings. The zero-order valence-electron chi connectivity index (χ0n) is 21.4. The third-order valence-corrected chi connectivity index (χ3v) is 6.87. The van der Waals surface area contributed by atoms with E-state index in [0.29, 0.717) is 35.6 Å². The van der Waals surface area contributed by atoms with E-state index >= 15 is 0 Å². The number of carbonyl (C=O) groups is 1. The van der Waals surface area contributed by atoms with Gasteiger partial charge in [-0.25, -0.2) is 0 Å². The average Bonchev–Trinajstić information content (AvgIpc) is 3.13. The zero-order chi connectivity index (χ0) is 26.3. The summed E-state index contributed by atoms with van der Waals surface area (Å²) >= 11 is 0. The van der Waals surface area contributed by atoms with Crippen molar-refractivity contribution in [3.8, 4) is 11.5 Å². The van der Waals surface area contributed by atoms with Crippen LogP contribution >= 0.6 is 0 Å². The first-order valence-electron chi connectivity index (χ1n) is 13.0. The van der Waals surface area contributed by atoms with Gasteiger partial charge in [0.25, 0.3) is 5.91 Å². The molecule has 0 radical (unpaired) electrons. The van der Waals surface area contributed by atoms with Gasteiger partial charge in [0.15, 0.2) is 0 Å². The van der Waals surface area contributed by atoms with Gasteiger partial charge in [0.2, 0.25) is 0 Å². The minimum Gasteiger partial charge on any atom is -0.456 e. The van der Waals surface area contributed by atoms with E-state index in [2.05, 4.69) is 29.7 Å². The summed E-state index contributed by atoms with van der Waals surface area (Å²) in [5.74, 6) is 1.06. The number of aliphatic hydroxyl groups excluding tert-OH is 1. The number of benzene rings is 4. The van der Waals surface area contributed by atoms with Gasteiger partial charge in [0.05, 0.1) is 17.7 Å². The van der Waals surface area contributed by atoms with Gasteiger partial charge in [-0.15, -0.1) is 0 Å². The van der Waals surface area contributed by atoms with Gasteiger partial charge in [-0.2, -0.15) is 0 Å². The molecule has 0 saturated carbocycles. The highest BCUT2D eigenvalue weighted by Gasteiger charge is 2.27. The van der Waals surface area contributed by atoms with Crippen molar-refractivity contribution in [3.05, 3.63) is 131 Å². The number of amides is 1. The van der Waals surface area contributed by atoms with Crippen molar-refractivity contribution in [2.24, 2.45) is 0 Å². The lowest BCUT2D eigenvalue weighted by molar-refractivity contribution is -0.117. The molecular formula is C33H32N2O3. The molecule has 5 nitrogen and oxygen atoms in total. The quantitative estimate of drug-likeness (QED) is 0.271. The maximum Gasteiger partial charge on any atom is 0.252 e. The van der Waals surface area contributed by atoms with Crippen LogP contribution in [0.1, 0.15) is 35.2 Å². The van der Waals surface area contributed by atoms with E-state index in [1.54, 1.807) is 0 Å². The lowest BCUT2D eigenvalue weighted by Gasteiger charge is -2.27. The number of hydrogen-bond acceptors (Lipinski definition) is 4. The normalized spacial score (nSPS) is 14.5. The lowest BCUT2D eigenvalue weighted by atomic mass is 9.98. The summed E-state index contributed by atoms with van der Waals surface area (Å²) in [4.78, 5) is 13.8. The van der Waals surface area contributed by atoms with Crippen LogP contribution in [0.2, 0.25) is 0 Å². The van der Waals surface area contributed by atoms with Gasteiger partial charge >= 0.3 is 0 Å². The standard InChI is InChI=1S/C33H32N2O3/c1-23(25-14-6-3-7-15-25)34-22-30(36)29(20-24-12-4-2-5-13-24)35-33(37)28-21-26-16-8-10-18-31(26)38-32-19-11-9-17-27(28)32/h2-19,21,23,29-30,34,36H,20,22H2,1H3,(H,35,37)/t23-,29-,30+/m0/s1. The number of para-hydroxylation sites is 2. The fraction of sp³-hybridized carbons (Fsp3) is 0.182. The van der Waals surface area contributed by atoms with Crippen molar-refractivity contribution >= 4 is 17.6 Å².